The molecule has 3 aromatic rings. The minimum Gasteiger partial charge on any atom is -0.338 e. The van der Waals surface area contributed by atoms with Crippen LogP contribution in [0.2, 0.25) is 0 Å². The van der Waals surface area contributed by atoms with E-state index in [1.807, 2.05) is 0 Å². The van der Waals surface area contributed by atoms with E-state index in [4.69, 9.17) is 4.52 Å². The van der Waals surface area contributed by atoms with Gasteiger partial charge in [-0.2, -0.15) is 4.98 Å². The number of halogens is 1. The van der Waals surface area contributed by atoms with Crippen LogP contribution in [0.1, 0.15) is 23.6 Å². The van der Waals surface area contributed by atoms with Gasteiger partial charge in [0.2, 0.25) is 11.7 Å². The highest BCUT2D eigenvalue weighted by Gasteiger charge is 2.30. The van der Waals surface area contributed by atoms with E-state index in [2.05, 4.69) is 32.6 Å². The predicted molar refractivity (Wildman–Crippen MR) is 86.3 cm³/mol. The first-order valence-electron chi connectivity index (χ1n) is 7.63. The lowest BCUT2D eigenvalue weighted by molar-refractivity contribution is 0.211. The Morgan fingerprint density at radius 2 is 2.00 bits per heavy atom. The van der Waals surface area contributed by atoms with Crippen molar-refractivity contribution in [1.82, 2.24) is 15.0 Å². The maximum atomic E-state index is 13.0. The molecule has 0 atom stereocenters. The summed E-state index contributed by atoms with van der Waals surface area (Å²) in [6.45, 7) is 1.56. The quantitative estimate of drug-likeness (QED) is 0.683. The Kier molecular flexibility index (Phi) is 3.93. The molecule has 0 amide bonds. The molecule has 0 spiro atoms. The molecule has 0 unspecified atom stereocenters. The van der Waals surface area contributed by atoms with Crippen molar-refractivity contribution in [3.63, 3.8) is 0 Å². The first-order valence-corrected chi connectivity index (χ1v) is 8.51. The number of aromatic nitrogens is 2. The van der Waals surface area contributed by atoms with Gasteiger partial charge in [-0.25, -0.2) is 4.39 Å². The molecule has 23 heavy (non-hydrogen) atoms. The fourth-order valence-electron chi connectivity index (χ4n) is 2.57. The van der Waals surface area contributed by atoms with E-state index in [0.717, 1.165) is 12.1 Å². The maximum absolute atomic E-state index is 13.0. The Balaban J connectivity index is 1.48. The lowest BCUT2D eigenvalue weighted by atomic mass is 10.2. The average molecular weight is 329 g/mol. The van der Waals surface area contributed by atoms with Crippen LogP contribution in [0, 0.1) is 5.82 Å². The Labute approximate surface area is 137 Å². The molecule has 2 heterocycles. The number of nitrogens with zero attached hydrogens (tertiary/aromatic N) is 3. The molecule has 0 saturated heterocycles. The lowest BCUT2D eigenvalue weighted by Crippen LogP contribution is -2.24. The zero-order valence-corrected chi connectivity index (χ0v) is 13.3. The highest BCUT2D eigenvalue weighted by atomic mass is 32.1. The third-order valence-electron chi connectivity index (χ3n) is 3.91. The summed E-state index contributed by atoms with van der Waals surface area (Å²) in [5.74, 6) is 0.841. The molecule has 0 radical (unpaired) electrons. The summed E-state index contributed by atoms with van der Waals surface area (Å²) in [5.41, 5.74) is 0.762. The summed E-state index contributed by atoms with van der Waals surface area (Å²) < 4.78 is 18.4. The molecule has 1 aromatic carbocycles. The van der Waals surface area contributed by atoms with Crippen LogP contribution in [0.15, 0.2) is 46.3 Å². The second-order valence-electron chi connectivity index (χ2n) is 5.73. The number of benzene rings is 1. The standard InChI is InChI=1S/C17H16FN3OS/c18-13-5-3-12(4-6-13)17-19-16(22-20-17)11-21(14-7-8-14)10-15-2-1-9-23-15/h1-6,9,14H,7-8,10-11H2. The SMILES string of the molecule is Fc1ccc(-c2noc(CN(Cc3cccs3)C3CC3)n2)cc1. The third kappa shape index (κ3) is 3.48. The van der Waals surface area contributed by atoms with Crippen LogP contribution in [-0.4, -0.2) is 21.1 Å². The van der Waals surface area contributed by atoms with Crippen LogP contribution in [0.4, 0.5) is 4.39 Å². The summed E-state index contributed by atoms with van der Waals surface area (Å²) >= 11 is 1.77. The highest BCUT2D eigenvalue weighted by Crippen LogP contribution is 2.30. The fraction of sp³-hybridized carbons (Fsp3) is 0.294. The number of thiophene rings is 1. The molecule has 0 bridgehead atoms. The van der Waals surface area contributed by atoms with E-state index in [-0.39, 0.29) is 5.82 Å². The molecule has 4 nitrogen and oxygen atoms in total. The lowest BCUT2D eigenvalue weighted by Gasteiger charge is -2.18. The monoisotopic (exact) mass is 329 g/mol. The second kappa shape index (κ2) is 6.22. The molecular weight excluding hydrogens is 313 g/mol. The van der Waals surface area contributed by atoms with Crippen molar-refractivity contribution in [1.29, 1.82) is 0 Å². The topological polar surface area (TPSA) is 42.2 Å². The molecule has 1 saturated carbocycles. The molecule has 1 aliphatic rings. The Morgan fingerprint density at radius 1 is 1.17 bits per heavy atom. The van der Waals surface area contributed by atoms with E-state index < -0.39 is 0 Å². The molecule has 6 heteroatoms. The van der Waals surface area contributed by atoms with Crippen molar-refractivity contribution >= 4 is 11.3 Å². The van der Waals surface area contributed by atoms with Crippen molar-refractivity contribution in [3.8, 4) is 11.4 Å². The molecule has 4 rings (SSSR count). The molecule has 0 aliphatic heterocycles. The molecule has 1 fully saturated rings. The highest BCUT2D eigenvalue weighted by molar-refractivity contribution is 7.09. The largest absolute Gasteiger partial charge is 0.338 e. The van der Waals surface area contributed by atoms with Crippen LogP contribution in [0.3, 0.4) is 0 Å². The third-order valence-corrected chi connectivity index (χ3v) is 4.77. The summed E-state index contributed by atoms with van der Waals surface area (Å²) in [4.78, 5) is 8.18. The normalized spacial score (nSPS) is 14.5. The van der Waals surface area contributed by atoms with Crippen molar-refractivity contribution in [2.45, 2.75) is 32.0 Å². The van der Waals surface area contributed by atoms with Gasteiger partial charge in [0.25, 0.3) is 0 Å². The van der Waals surface area contributed by atoms with Crippen LogP contribution < -0.4 is 0 Å². The Hall–Kier alpha value is -2.05. The zero-order valence-electron chi connectivity index (χ0n) is 12.5. The molecule has 118 valence electrons. The van der Waals surface area contributed by atoms with Gasteiger partial charge < -0.3 is 4.52 Å². The summed E-state index contributed by atoms with van der Waals surface area (Å²) in [6, 6.07) is 11.0. The second-order valence-corrected chi connectivity index (χ2v) is 6.77. The van der Waals surface area contributed by atoms with E-state index in [9.17, 15) is 4.39 Å². The molecular formula is C17H16FN3OS. The van der Waals surface area contributed by atoms with E-state index in [1.54, 1.807) is 23.5 Å². The van der Waals surface area contributed by atoms with Gasteiger partial charge in [-0.15, -0.1) is 11.3 Å². The summed E-state index contributed by atoms with van der Waals surface area (Å²) in [7, 11) is 0. The van der Waals surface area contributed by atoms with Crippen LogP contribution in [0.5, 0.6) is 0 Å². The maximum Gasteiger partial charge on any atom is 0.241 e. The van der Waals surface area contributed by atoms with Gasteiger partial charge in [0.1, 0.15) is 5.82 Å². The van der Waals surface area contributed by atoms with E-state index in [1.165, 1.54) is 29.9 Å². The molecule has 1 aliphatic carbocycles. The van der Waals surface area contributed by atoms with Gasteiger partial charge in [-0.1, -0.05) is 11.2 Å². The van der Waals surface area contributed by atoms with Crippen molar-refractivity contribution in [2.24, 2.45) is 0 Å². The van der Waals surface area contributed by atoms with Crippen molar-refractivity contribution < 1.29 is 8.91 Å². The summed E-state index contributed by atoms with van der Waals surface area (Å²) in [6.07, 6.45) is 2.45. The average Bonchev–Trinajstić information content (AvgIpc) is 3.08. The van der Waals surface area contributed by atoms with E-state index in [0.29, 0.717) is 24.3 Å². The minimum absolute atomic E-state index is 0.270. The van der Waals surface area contributed by atoms with Gasteiger partial charge in [0, 0.05) is 23.0 Å². The van der Waals surface area contributed by atoms with Gasteiger partial charge in [0.05, 0.1) is 6.54 Å². The van der Waals surface area contributed by atoms with Crippen LogP contribution in [-0.2, 0) is 13.1 Å². The zero-order chi connectivity index (χ0) is 15.6. The molecule has 2 aromatic heterocycles. The van der Waals surface area contributed by atoms with Gasteiger partial charge in [-0.3, -0.25) is 4.90 Å². The van der Waals surface area contributed by atoms with Gasteiger partial charge >= 0.3 is 0 Å². The van der Waals surface area contributed by atoms with Gasteiger partial charge in [0.15, 0.2) is 0 Å². The summed E-state index contributed by atoms with van der Waals surface area (Å²) in [5, 5.41) is 6.11. The minimum atomic E-state index is -0.270. The predicted octanol–water partition coefficient (Wildman–Crippen LogP) is 4.10. The smallest absolute Gasteiger partial charge is 0.241 e. The van der Waals surface area contributed by atoms with Crippen LogP contribution in [0.25, 0.3) is 11.4 Å². The Morgan fingerprint density at radius 3 is 2.70 bits per heavy atom. The van der Waals surface area contributed by atoms with Crippen molar-refractivity contribution in [2.75, 3.05) is 0 Å². The molecule has 0 N–H and O–H groups in total. The first kappa shape index (κ1) is 14.5. The van der Waals surface area contributed by atoms with E-state index >= 15 is 0 Å². The Bertz CT molecular complexity index is 766. The number of hydrogen-bond acceptors (Lipinski definition) is 5. The van der Waals surface area contributed by atoms with Crippen molar-refractivity contribution in [3.05, 3.63) is 58.4 Å². The number of rotatable bonds is 6. The number of hydrogen-bond donors (Lipinski definition) is 0. The van der Waals surface area contributed by atoms with Gasteiger partial charge in [-0.05, 0) is 48.6 Å². The van der Waals surface area contributed by atoms with Crippen LogP contribution >= 0.6 is 11.3 Å². The first-order chi connectivity index (χ1) is 11.3. The fourth-order valence-corrected chi connectivity index (χ4v) is 3.29.